The molecule has 0 aliphatic heterocycles. The Balaban J connectivity index is 1.49. The molecule has 0 fully saturated rings. The number of rotatable bonds is 7. The summed E-state index contributed by atoms with van der Waals surface area (Å²) in [6.45, 7) is 1.22. The molecule has 0 aliphatic rings. The second-order valence-corrected chi connectivity index (χ2v) is 8.36. The first-order valence-corrected chi connectivity index (χ1v) is 11.0. The van der Waals surface area contributed by atoms with Gasteiger partial charge in [-0.15, -0.1) is 5.10 Å². The van der Waals surface area contributed by atoms with Crippen molar-refractivity contribution in [2.45, 2.75) is 24.2 Å². The molecule has 0 saturated heterocycles. The van der Waals surface area contributed by atoms with E-state index in [1.54, 1.807) is 24.3 Å². The highest BCUT2D eigenvalue weighted by molar-refractivity contribution is 7.98. The van der Waals surface area contributed by atoms with E-state index in [2.05, 4.69) is 15.4 Å². The van der Waals surface area contributed by atoms with Gasteiger partial charge in [-0.1, -0.05) is 35.5 Å². The number of benzene rings is 2. The van der Waals surface area contributed by atoms with Crippen LogP contribution in [-0.4, -0.2) is 30.9 Å². The predicted molar refractivity (Wildman–Crippen MR) is 123 cm³/mol. The lowest BCUT2D eigenvalue weighted by atomic mass is 10.1. The van der Waals surface area contributed by atoms with Crippen LogP contribution in [-0.2, 0) is 17.1 Å². The zero-order chi connectivity index (χ0) is 22.7. The highest BCUT2D eigenvalue weighted by atomic mass is 35.5. The number of carbonyl (C=O) groups excluding carboxylic acids is 2. The molecule has 4 rings (SSSR count). The van der Waals surface area contributed by atoms with Gasteiger partial charge in [0.15, 0.2) is 11.4 Å². The third-order valence-electron chi connectivity index (χ3n) is 4.63. The van der Waals surface area contributed by atoms with E-state index in [4.69, 9.17) is 11.6 Å². The topological polar surface area (TPSA) is 98.4 Å². The Morgan fingerprint density at radius 3 is 2.50 bits per heavy atom. The number of aromatic nitrogens is 4. The van der Waals surface area contributed by atoms with Crippen LogP contribution < -0.4 is 11.0 Å². The number of carbonyl (C=O) groups is 2. The second kappa shape index (κ2) is 9.37. The van der Waals surface area contributed by atoms with Crippen molar-refractivity contribution in [2.75, 3.05) is 5.32 Å². The van der Waals surface area contributed by atoms with Crippen molar-refractivity contribution < 1.29 is 9.59 Å². The van der Waals surface area contributed by atoms with Gasteiger partial charge in [-0.25, -0.2) is 18.9 Å². The number of anilines is 1. The number of fused-ring (bicyclic) bond motifs is 1. The normalized spacial score (nSPS) is 10.9. The minimum absolute atomic E-state index is 0.0579. The quantitative estimate of drug-likeness (QED) is 0.329. The van der Waals surface area contributed by atoms with Crippen LogP contribution in [0.25, 0.3) is 5.65 Å². The van der Waals surface area contributed by atoms with Crippen LogP contribution in [0, 0.1) is 0 Å². The molecule has 10 heteroatoms. The number of halogens is 1. The maximum atomic E-state index is 12.7. The summed E-state index contributed by atoms with van der Waals surface area (Å²) in [5.74, 6) is 0.161. The largest absolute Gasteiger partial charge is 0.350 e. The molecule has 162 valence electrons. The number of ketones is 1. The highest BCUT2D eigenvalue weighted by Gasteiger charge is 2.15. The molecule has 1 amide bonds. The van der Waals surface area contributed by atoms with E-state index >= 15 is 0 Å². The molecule has 8 nitrogen and oxygen atoms in total. The van der Waals surface area contributed by atoms with Gasteiger partial charge in [0.2, 0.25) is 5.91 Å². The van der Waals surface area contributed by atoms with E-state index in [0.29, 0.717) is 32.7 Å². The summed E-state index contributed by atoms with van der Waals surface area (Å²) in [6.07, 6.45) is 3.05. The average Bonchev–Trinajstić information content (AvgIpc) is 3.09. The maximum absolute atomic E-state index is 12.7. The van der Waals surface area contributed by atoms with Crippen molar-refractivity contribution in [3.05, 3.63) is 87.6 Å². The van der Waals surface area contributed by atoms with Crippen molar-refractivity contribution >= 4 is 46.4 Å². The molecule has 0 unspecified atom stereocenters. The van der Waals surface area contributed by atoms with Gasteiger partial charge in [0.25, 0.3) is 0 Å². The number of amides is 1. The van der Waals surface area contributed by atoms with Gasteiger partial charge in [-0.05, 0) is 48.9 Å². The van der Waals surface area contributed by atoms with Crippen molar-refractivity contribution in [2.24, 2.45) is 0 Å². The summed E-state index contributed by atoms with van der Waals surface area (Å²) < 4.78 is 2.47. The number of nitrogens with zero attached hydrogens (tertiary/aromatic N) is 4. The Hall–Kier alpha value is -3.43. The lowest BCUT2D eigenvalue weighted by Crippen LogP contribution is -2.28. The summed E-state index contributed by atoms with van der Waals surface area (Å²) >= 11 is 7.36. The van der Waals surface area contributed by atoms with E-state index in [-0.39, 0.29) is 12.3 Å². The first-order chi connectivity index (χ1) is 15.4. The van der Waals surface area contributed by atoms with Gasteiger partial charge in [-0.3, -0.25) is 9.59 Å². The van der Waals surface area contributed by atoms with Gasteiger partial charge in [-0.2, -0.15) is 0 Å². The van der Waals surface area contributed by atoms with Gasteiger partial charge < -0.3 is 5.32 Å². The third kappa shape index (κ3) is 4.90. The minimum atomic E-state index is -0.433. The van der Waals surface area contributed by atoms with E-state index in [9.17, 15) is 14.4 Å². The Morgan fingerprint density at radius 1 is 1.09 bits per heavy atom. The molecule has 0 atom stereocenters. The summed E-state index contributed by atoms with van der Waals surface area (Å²) in [4.78, 5) is 40.8. The summed E-state index contributed by atoms with van der Waals surface area (Å²) in [6, 6.07) is 14.0. The number of hydrogen-bond donors (Lipinski definition) is 1. The first-order valence-electron chi connectivity index (χ1n) is 9.63. The lowest BCUT2D eigenvalue weighted by molar-refractivity contribution is -0.117. The van der Waals surface area contributed by atoms with Crippen LogP contribution in [0.3, 0.4) is 0 Å². The fourth-order valence-corrected chi connectivity index (χ4v) is 4.01. The van der Waals surface area contributed by atoms with Gasteiger partial charge in [0.1, 0.15) is 11.6 Å². The molecule has 0 saturated carbocycles. The molecular weight excluding hydrogens is 450 g/mol. The minimum Gasteiger partial charge on any atom is -0.324 e. The van der Waals surface area contributed by atoms with Crippen molar-refractivity contribution in [3.8, 4) is 0 Å². The standard InChI is InChI=1S/C22H18ClN5O3S/c1-14(29)16-4-8-18(9-5-16)25-19(30)12-28-22(31)27-11-10-24-21(20(27)26-28)32-13-15-2-6-17(23)7-3-15/h2-11H,12-13H2,1H3,(H,25,30). The maximum Gasteiger partial charge on any atom is 0.350 e. The lowest BCUT2D eigenvalue weighted by Gasteiger charge is -2.05. The molecule has 0 radical (unpaired) electrons. The molecule has 0 aliphatic carbocycles. The van der Waals surface area contributed by atoms with E-state index in [0.717, 1.165) is 10.2 Å². The molecule has 1 N–H and O–H groups in total. The van der Waals surface area contributed by atoms with E-state index < -0.39 is 11.6 Å². The molecule has 2 heterocycles. The number of thioether (sulfide) groups is 1. The molecule has 0 spiro atoms. The monoisotopic (exact) mass is 467 g/mol. The number of nitrogens with one attached hydrogen (secondary N) is 1. The number of Topliss-reactive ketones (excluding diaryl/α,β-unsaturated/α-hetero) is 1. The van der Waals surface area contributed by atoms with Crippen LogP contribution >= 0.6 is 23.4 Å². The fraction of sp³-hybridized carbons (Fsp3) is 0.136. The van der Waals surface area contributed by atoms with Gasteiger partial charge in [0, 0.05) is 34.4 Å². The molecule has 0 bridgehead atoms. The van der Waals surface area contributed by atoms with Crippen molar-refractivity contribution in [1.82, 2.24) is 19.2 Å². The number of hydrogen-bond acceptors (Lipinski definition) is 6. The SMILES string of the molecule is CC(=O)c1ccc(NC(=O)Cn2nc3c(SCc4ccc(Cl)cc4)nccn3c2=O)cc1. The van der Waals surface area contributed by atoms with Crippen LogP contribution in [0.15, 0.2) is 70.7 Å². The molecule has 2 aromatic heterocycles. The third-order valence-corrected chi connectivity index (χ3v) is 5.92. The average molecular weight is 468 g/mol. The van der Waals surface area contributed by atoms with E-state index in [1.807, 2.05) is 24.3 Å². The summed E-state index contributed by atoms with van der Waals surface area (Å²) in [7, 11) is 0. The van der Waals surface area contributed by atoms with Crippen LogP contribution in [0.1, 0.15) is 22.8 Å². The smallest absolute Gasteiger partial charge is 0.324 e. The zero-order valence-corrected chi connectivity index (χ0v) is 18.6. The molecular formula is C22H18ClN5O3S. The van der Waals surface area contributed by atoms with Gasteiger partial charge in [0.05, 0.1) is 0 Å². The molecule has 4 aromatic rings. The summed E-state index contributed by atoms with van der Waals surface area (Å²) in [5.41, 5.74) is 2.08. The Bertz CT molecular complexity index is 1350. The Morgan fingerprint density at radius 2 is 1.81 bits per heavy atom. The van der Waals surface area contributed by atoms with Crippen molar-refractivity contribution in [1.29, 1.82) is 0 Å². The first kappa shape index (κ1) is 21.8. The van der Waals surface area contributed by atoms with Crippen LogP contribution in [0.2, 0.25) is 5.02 Å². The Kier molecular flexibility index (Phi) is 6.38. The van der Waals surface area contributed by atoms with Crippen molar-refractivity contribution in [3.63, 3.8) is 0 Å². The Labute approximate surface area is 192 Å². The molecule has 32 heavy (non-hydrogen) atoms. The van der Waals surface area contributed by atoms with Gasteiger partial charge >= 0.3 is 5.69 Å². The molecule has 2 aromatic carbocycles. The highest BCUT2D eigenvalue weighted by Crippen LogP contribution is 2.24. The zero-order valence-electron chi connectivity index (χ0n) is 17.0. The predicted octanol–water partition coefficient (Wildman–Crippen LogP) is 3.68. The summed E-state index contributed by atoms with van der Waals surface area (Å²) in [5, 5.41) is 8.26. The second-order valence-electron chi connectivity index (χ2n) is 6.96. The van der Waals surface area contributed by atoms with Crippen LogP contribution in [0.4, 0.5) is 5.69 Å². The van der Waals surface area contributed by atoms with E-state index in [1.165, 1.54) is 35.5 Å². The van der Waals surface area contributed by atoms with Crippen LogP contribution in [0.5, 0.6) is 0 Å². The fourth-order valence-electron chi connectivity index (χ4n) is 2.99.